The van der Waals surface area contributed by atoms with Gasteiger partial charge in [-0.1, -0.05) is 29.3 Å². The number of amides is 2. The highest BCUT2D eigenvalue weighted by atomic mass is 16.2. The van der Waals surface area contributed by atoms with Crippen LogP contribution in [0.5, 0.6) is 0 Å². The molecule has 2 aromatic rings. The number of nitrogens with zero attached hydrogens (tertiary/aromatic N) is 1. The van der Waals surface area contributed by atoms with Crippen molar-refractivity contribution in [1.29, 1.82) is 0 Å². The van der Waals surface area contributed by atoms with Gasteiger partial charge in [0.2, 0.25) is 0 Å². The average molecular weight is 321 g/mol. The van der Waals surface area contributed by atoms with Crippen LogP contribution in [0, 0.1) is 13.8 Å². The van der Waals surface area contributed by atoms with Crippen molar-refractivity contribution in [2.45, 2.75) is 26.7 Å². The van der Waals surface area contributed by atoms with Crippen molar-refractivity contribution in [3.05, 3.63) is 70.3 Å². The zero-order valence-corrected chi connectivity index (χ0v) is 13.8. The number of carbonyl (C=O) groups is 3. The molecule has 4 heteroatoms. The normalized spacial score (nSPS) is 13.3. The molecule has 0 unspecified atom stereocenters. The van der Waals surface area contributed by atoms with Gasteiger partial charge in [0.1, 0.15) is 0 Å². The second-order valence-corrected chi connectivity index (χ2v) is 6.21. The van der Waals surface area contributed by atoms with Gasteiger partial charge in [-0.05, 0) is 44.5 Å². The minimum atomic E-state index is -0.269. The number of ketones is 1. The minimum Gasteiger partial charge on any atom is -0.294 e. The van der Waals surface area contributed by atoms with Crippen LogP contribution in [0.25, 0.3) is 0 Å². The van der Waals surface area contributed by atoms with Crippen LogP contribution in [0.4, 0.5) is 0 Å². The lowest BCUT2D eigenvalue weighted by Crippen LogP contribution is -2.31. The third kappa shape index (κ3) is 3.00. The molecule has 0 aliphatic carbocycles. The molecule has 2 amide bonds. The molecule has 0 bridgehead atoms. The molecule has 1 aliphatic heterocycles. The molecule has 1 heterocycles. The highest BCUT2D eigenvalue weighted by molar-refractivity contribution is 6.21. The summed E-state index contributed by atoms with van der Waals surface area (Å²) in [4.78, 5) is 38.1. The molecule has 3 rings (SSSR count). The van der Waals surface area contributed by atoms with Crippen LogP contribution in [0.2, 0.25) is 0 Å². The first-order valence-electron chi connectivity index (χ1n) is 8.04. The van der Waals surface area contributed by atoms with Gasteiger partial charge < -0.3 is 0 Å². The first-order valence-corrected chi connectivity index (χ1v) is 8.04. The lowest BCUT2D eigenvalue weighted by Gasteiger charge is -2.13. The van der Waals surface area contributed by atoms with Crippen LogP contribution in [0.1, 0.15) is 55.0 Å². The fraction of sp³-hybridized carbons (Fsp3) is 0.250. The molecule has 0 atom stereocenters. The van der Waals surface area contributed by atoms with Crippen LogP contribution in [0.15, 0.2) is 42.5 Å². The molecule has 0 radical (unpaired) electrons. The lowest BCUT2D eigenvalue weighted by molar-refractivity contribution is 0.0647. The van der Waals surface area contributed by atoms with E-state index in [0.717, 1.165) is 11.1 Å². The van der Waals surface area contributed by atoms with E-state index in [2.05, 4.69) is 0 Å². The minimum absolute atomic E-state index is 0.0402. The molecule has 0 spiro atoms. The van der Waals surface area contributed by atoms with E-state index in [1.54, 1.807) is 24.3 Å². The van der Waals surface area contributed by atoms with Gasteiger partial charge in [-0.15, -0.1) is 0 Å². The summed E-state index contributed by atoms with van der Waals surface area (Å²) in [6, 6.07) is 12.6. The van der Waals surface area contributed by atoms with Gasteiger partial charge in [0.05, 0.1) is 11.1 Å². The highest BCUT2D eigenvalue weighted by Gasteiger charge is 2.34. The molecular weight excluding hydrogens is 302 g/mol. The van der Waals surface area contributed by atoms with Gasteiger partial charge in [0.15, 0.2) is 5.78 Å². The van der Waals surface area contributed by atoms with E-state index in [-0.39, 0.29) is 24.1 Å². The number of aryl methyl sites for hydroxylation is 2. The number of fused-ring (bicyclic) bond motifs is 1. The summed E-state index contributed by atoms with van der Waals surface area (Å²) >= 11 is 0. The largest absolute Gasteiger partial charge is 0.294 e. The molecule has 0 N–H and O–H groups in total. The Kier molecular flexibility index (Phi) is 4.30. The van der Waals surface area contributed by atoms with Crippen molar-refractivity contribution < 1.29 is 14.4 Å². The summed E-state index contributed by atoms with van der Waals surface area (Å²) in [5, 5.41) is 0. The van der Waals surface area contributed by atoms with E-state index >= 15 is 0 Å². The smallest absolute Gasteiger partial charge is 0.261 e. The monoisotopic (exact) mass is 321 g/mol. The molecule has 1 aliphatic rings. The molecule has 0 saturated carbocycles. The molecule has 4 nitrogen and oxygen atoms in total. The van der Waals surface area contributed by atoms with Crippen LogP contribution in [-0.2, 0) is 0 Å². The number of hydrogen-bond donors (Lipinski definition) is 0. The third-order valence-corrected chi connectivity index (χ3v) is 4.21. The van der Waals surface area contributed by atoms with Crippen molar-refractivity contribution in [2.75, 3.05) is 6.54 Å². The van der Waals surface area contributed by atoms with Gasteiger partial charge in [0.25, 0.3) is 11.8 Å². The molecule has 0 saturated heterocycles. The van der Waals surface area contributed by atoms with Crippen LogP contribution in [0.3, 0.4) is 0 Å². The zero-order valence-electron chi connectivity index (χ0n) is 13.8. The Labute approximate surface area is 141 Å². The van der Waals surface area contributed by atoms with Gasteiger partial charge in [-0.25, -0.2) is 0 Å². The van der Waals surface area contributed by atoms with E-state index in [4.69, 9.17) is 0 Å². The molecule has 0 aromatic heterocycles. The third-order valence-electron chi connectivity index (χ3n) is 4.21. The molecule has 0 fully saturated rings. The van der Waals surface area contributed by atoms with Crippen molar-refractivity contribution in [1.82, 2.24) is 4.90 Å². The number of Topliss-reactive ketones (excluding diaryl/α,β-unsaturated/α-hetero) is 1. The predicted octanol–water partition coefficient (Wildman–Crippen LogP) is 3.56. The Morgan fingerprint density at radius 3 is 2.00 bits per heavy atom. The second kappa shape index (κ2) is 6.40. The zero-order chi connectivity index (χ0) is 17.3. The van der Waals surface area contributed by atoms with Gasteiger partial charge in [-0.3, -0.25) is 19.3 Å². The number of imide groups is 1. The summed E-state index contributed by atoms with van der Waals surface area (Å²) in [6.07, 6.45) is 0.785. The number of benzene rings is 2. The quantitative estimate of drug-likeness (QED) is 0.625. The number of rotatable bonds is 5. The second-order valence-electron chi connectivity index (χ2n) is 6.21. The SMILES string of the molecule is Cc1cc(C)cc(C(=O)CCCN2C(=O)c3ccccc3C2=O)c1. The summed E-state index contributed by atoms with van der Waals surface area (Å²) in [6.45, 7) is 4.19. The van der Waals surface area contributed by atoms with Crippen molar-refractivity contribution >= 4 is 17.6 Å². The Morgan fingerprint density at radius 2 is 1.46 bits per heavy atom. The molecular formula is C20H19NO3. The summed E-state index contributed by atoms with van der Waals surface area (Å²) in [5.41, 5.74) is 3.69. The maximum atomic E-state index is 12.3. The number of hydrogen-bond acceptors (Lipinski definition) is 3. The Balaban J connectivity index is 1.62. The fourth-order valence-electron chi connectivity index (χ4n) is 3.12. The Morgan fingerprint density at radius 1 is 0.917 bits per heavy atom. The first-order chi connectivity index (χ1) is 11.5. The first kappa shape index (κ1) is 16.1. The molecule has 24 heavy (non-hydrogen) atoms. The average Bonchev–Trinajstić information content (AvgIpc) is 2.79. The summed E-state index contributed by atoms with van der Waals surface area (Å²) in [7, 11) is 0. The van der Waals surface area contributed by atoms with E-state index in [0.29, 0.717) is 29.5 Å². The van der Waals surface area contributed by atoms with Crippen molar-refractivity contribution in [3.8, 4) is 0 Å². The topological polar surface area (TPSA) is 54.5 Å². The van der Waals surface area contributed by atoms with Gasteiger partial charge in [0, 0.05) is 18.5 Å². The highest BCUT2D eigenvalue weighted by Crippen LogP contribution is 2.23. The van der Waals surface area contributed by atoms with Crippen LogP contribution >= 0.6 is 0 Å². The van der Waals surface area contributed by atoms with Crippen molar-refractivity contribution in [2.24, 2.45) is 0 Å². The summed E-state index contributed by atoms with van der Waals surface area (Å²) in [5.74, 6) is -0.498. The van der Waals surface area contributed by atoms with E-state index < -0.39 is 0 Å². The fourth-order valence-corrected chi connectivity index (χ4v) is 3.12. The number of carbonyl (C=O) groups excluding carboxylic acids is 3. The van der Waals surface area contributed by atoms with Gasteiger partial charge in [-0.2, -0.15) is 0 Å². The van der Waals surface area contributed by atoms with E-state index in [1.165, 1.54) is 4.90 Å². The van der Waals surface area contributed by atoms with Crippen LogP contribution in [-0.4, -0.2) is 29.0 Å². The maximum absolute atomic E-state index is 12.3. The Bertz CT molecular complexity index is 783. The van der Waals surface area contributed by atoms with Gasteiger partial charge >= 0.3 is 0 Å². The molecule has 122 valence electrons. The summed E-state index contributed by atoms with van der Waals surface area (Å²) < 4.78 is 0. The molecule has 2 aromatic carbocycles. The Hall–Kier alpha value is -2.75. The predicted molar refractivity (Wildman–Crippen MR) is 91.3 cm³/mol. The van der Waals surface area contributed by atoms with Crippen LogP contribution < -0.4 is 0 Å². The standard InChI is InChI=1S/C20H19NO3/c1-13-10-14(2)12-15(11-13)18(22)8-5-9-21-19(23)16-6-3-4-7-17(16)20(21)24/h3-4,6-7,10-12H,5,8-9H2,1-2H3. The van der Waals surface area contributed by atoms with E-state index in [9.17, 15) is 14.4 Å². The maximum Gasteiger partial charge on any atom is 0.261 e. The van der Waals surface area contributed by atoms with Crippen molar-refractivity contribution in [3.63, 3.8) is 0 Å². The lowest BCUT2D eigenvalue weighted by atomic mass is 10.0. The van der Waals surface area contributed by atoms with E-state index in [1.807, 2.05) is 32.0 Å².